The highest BCUT2D eigenvalue weighted by molar-refractivity contribution is 7.78. The molecule has 4 aromatic rings. The summed E-state index contributed by atoms with van der Waals surface area (Å²) in [6.45, 7) is 0. The van der Waals surface area contributed by atoms with Gasteiger partial charge in [0.15, 0.2) is 11.6 Å². The first-order chi connectivity index (χ1) is 26.0. The second-order valence-electron chi connectivity index (χ2n) is 11.5. The Labute approximate surface area is 308 Å². The lowest BCUT2D eigenvalue weighted by Crippen LogP contribution is -2.10. The first kappa shape index (κ1) is 36.2. The predicted molar refractivity (Wildman–Crippen MR) is 199 cm³/mol. The van der Waals surface area contributed by atoms with E-state index in [-0.39, 0.29) is 81.9 Å². The monoisotopic (exact) mass is 789 g/mol. The molecule has 54 heavy (non-hydrogen) atoms. The van der Waals surface area contributed by atoms with Crippen molar-refractivity contribution in [3.63, 3.8) is 0 Å². The second-order valence-corrected chi connectivity index (χ2v) is 17.7. The number of hydrogen-bond donors (Lipinski definition) is 4. The molecule has 0 amide bonds. The average Bonchev–Trinajstić information content (AvgIpc) is 3.14. The normalized spacial score (nSPS) is 21.3. The lowest BCUT2D eigenvalue weighted by atomic mass is 10.1. The Bertz CT molecular complexity index is 2240. The lowest BCUT2D eigenvalue weighted by Gasteiger charge is -2.33. The molecule has 4 aromatic carbocycles. The molecule has 4 N–H and O–H groups in total. The Hall–Kier alpha value is -6.13. The van der Waals surface area contributed by atoms with Crippen LogP contribution in [-0.4, -0.2) is 32.0 Å². The smallest absolute Gasteiger partial charge is 0.460 e. The van der Waals surface area contributed by atoms with Crippen molar-refractivity contribution in [2.45, 2.75) is 12.8 Å². The summed E-state index contributed by atoms with van der Waals surface area (Å²) in [5.41, 5.74) is 0. The van der Waals surface area contributed by atoms with Gasteiger partial charge in [-0.1, -0.05) is 13.5 Å². The van der Waals surface area contributed by atoms with Crippen molar-refractivity contribution in [3.8, 4) is 46.0 Å². The van der Waals surface area contributed by atoms with E-state index in [1.165, 1.54) is 134 Å². The molecule has 0 radical (unpaired) electrons. The molecule has 1 heterocycles. The standard InChI is InChI=1S/C36H30N3O12P3/c40-25-1-13-31(14-2-25)46-52(47-32-15-3-26(41)4-16-32)37-53(48-33-17-5-27(42)6-18-33,49-34-19-7-28(43)8-20-34)39-54(38-52,50-35-21-9-29(44)10-22-35)51-36-23-11-30(45)12-24-36/h1-7,9-11,13-24,40-42,44H,8,12H2. The number of allylic oxidation sites excluding steroid dienone is 6. The molecular weight excluding hydrogens is 759 g/mol. The average molecular weight is 790 g/mol. The Kier molecular flexibility index (Phi) is 10.1. The molecule has 0 spiro atoms. The minimum atomic E-state index is -4.30. The van der Waals surface area contributed by atoms with Crippen LogP contribution < -0.4 is 18.1 Å². The summed E-state index contributed by atoms with van der Waals surface area (Å²) < 4.78 is 54.3. The van der Waals surface area contributed by atoms with Gasteiger partial charge in [-0.2, -0.15) is 0 Å². The molecule has 0 bridgehead atoms. The number of phenols is 4. The van der Waals surface area contributed by atoms with Crippen LogP contribution in [0.1, 0.15) is 12.8 Å². The molecule has 0 aromatic heterocycles. The SMILES string of the molecule is O=C1C=CC(OP2(Oc3ccc(O)cc3)=NP(OC3=CCC(=O)C=C3)(Oc3ccc(O)cc3)=NP(Oc3ccc(O)cc3)(Oc3ccc(O)cc3)=N2)=CC1. The number of benzene rings is 4. The van der Waals surface area contributed by atoms with Crippen LogP contribution >= 0.6 is 23.0 Å². The fraction of sp³-hybridized carbons (Fsp3) is 0.0556. The van der Waals surface area contributed by atoms with Crippen molar-refractivity contribution in [2.24, 2.45) is 13.5 Å². The zero-order valence-electron chi connectivity index (χ0n) is 27.9. The van der Waals surface area contributed by atoms with Gasteiger partial charge in [0.2, 0.25) is 0 Å². The van der Waals surface area contributed by atoms with Crippen molar-refractivity contribution >= 4 is 34.5 Å². The molecule has 1 aliphatic heterocycles. The Morgan fingerprint density at radius 1 is 0.389 bits per heavy atom. The largest absolute Gasteiger partial charge is 0.508 e. The van der Waals surface area contributed by atoms with E-state index in [2.05, 4.69) is 0 Å². The maximum absolute atomic E-state index is 12.2. The second kappa shape index (κ2) is 15.1. The first-order valence-corrected chi connectivity index (χ1v) is 20.6. The van der Waals surface area contributed by atoms with Crippen molar-refractivity contribution in [3.05, 3.63) is 145 Å². The van der Waals surface area contributed by atoms with Crippen LogP contribution in [0.2, 0.25) is 0 Å². The summed E-state index contributed by atoms with van der Waals surface area (Å²) >= 11 is 0. The van der Waals surface area contributed by atoms with Crippen LogP contribution in [0.5, 0.6) is 46.0 Å². The number of phenolic OH excluding ortho intramolecular Hbond substituents is 4. The number of carbonyl (C=O) groups is 2. The van der Waals surface area contributed by atoms with Crippen LogP contribution in [0.25, 0.3) is 0 Å². The van der Waals surface area contributed by atoms with Crippen LogP contribution in [-0.2, 0) is 18.6 Å². The zero-order chi connectivity index (χ0) is 37.8. The third-order valence-electron chi connectivity index (χ3n) is 7.25. The van der Waals surface area contributed by atoms with E-state index in [1.54, 1.807) is 0 Å². The van der Waals surface area contributed by atoms with Crippen molar-refractivity contribution < 1.29 is 57.2 Å². The highest BCUT2D eigenvalue weighted by Crippen LogP contribution is 2.80. The fourth-order valence-electron chi connectivity index (χ4n) is 4.77. The van der Waals surface area contributed by atoms with Crippen molar-refractivity contribution in [1.29, 1.82) is 0 Å². The van der Waals surface area contributed by atoms with Crippen LogP contribution in [0.4, 0.5) is 0 Å². The minimum Gasteiger partial charge on any atom is -0.508 e. The maximum atomic E-state index is 12.2. The van der Waals surface area contributed by atoms with E-state index < -0.39 is 23.0 Å². The Morgan fingerprint density at radius 2 is 0.648 bits per heavy atom. The molecule has 0 saturated heterocycles. The number of nitrogens with zero attached hydrogens (tertiary/aromatic N) is 3. The van der Waals surface area contributed by atoms with Gasteiger partial charge in [-0.25, -0.2) is 0 Å². The summed E-state index contributed by atoms with van der Waals surface area (Å²) in [6.07, 6.45) is 8.52. The summed E-state index contributed by atoms with van der Waals surface area (Å²) in [6, 6.07) is 22.6. The molecule has 0 fully saturated rings. The Morgan fingerprint density at radius 3 is 0.889 bits per heavy atom. The van der Waals surface area contributed by atoms with E-state index >= 15 is 0 Å². The summed E-state index contributed by atoms with van der Waals surface area (Å²) in [5.74, 6) is 0.227. The highest BCUT2D eigenvalue weighted by atomic mass is 31.3. The van der Waals surface area contributed by atoms with Gasteiger partial charge in [-0.3, -0.25) is 9.59 Å². The molecule has 18 heteroatoms. The predicted octanol–water partition coefficient (Wildman–Crippen LogP) is 9.84. The fourth-order valence-corrected chi connectivity index (χ4v) is 13.9. The van der Waals surface area contributed by atoms with E-state index in [1.807, 2.05) is 0 Å². The number of carbonyl (C=O) groups excluding carboxylic acids is 2. The molecule has 2 atom stereocenters. The number of ketones is 2. The third kappa shape index (κ3) is 8.90. The molecule has 0 saturated carbocycles. The number of aromatic hydroxyl groups is 4. The van der Waals surface area contributed by atoms with Gasteiger partial charge < -0.3 is 47.6 Å². The van der Waals surface area contributed by atoms with Gasteiger partial charge in [0, 0.05) is 12.8 Å². The summed E-state index contributed by atoms with van der Waals surface area (Å²) in [5, 5.41) is 40.3. The van der Waals surface area contributed by atoms with Crippen LogP contribution in [0, 0.1) is 0 Å². The molecule has 15 nitrogen and oxygen atoms in total. The van der Waals surface area contributed by atoms with E-state index in [0.717, 1.165) is 0 Å². The number of hydrogen-bond acceptors (Lipinski definition) is 15. The summed E-state index contributed by atoms with van der Waals surface area (Å²) in [7, 11) is -12.9. The molecule has 276 valence electrons. The number of rotatable bonds is 12. The van der Waals surface area contributed by atoms with Crippen LogP contribution in [0.3, 0.4) is 0 Å². The van der Waals surface area contributed by atoms with E-state index in [0.29, 0.717) is 0 Å². The lowest BCUT2D eigenvalue weighted by molar-refractivity contribution is -0.114. The Balaban J connectivity index is 1.55. The molecule has 2 unspecified atom stereocenters. The van der Waals surface area contributed by atoms with Gasteiger partial charge in [-0.05, 0) is 134 Å². The van der Waals surface area contributed by atoms with Gasteiger partial charge in [-0.15, -0.1) is 0 Å². The zero-order valence-corrected chi connectivity index (χ0v) is 30.5. The van der Waals surface area contributed by atoms with E-state index in [9.17, 15) is 30.0 Å². The van der Waals surface area contributed by atoms with Crippen molar-refractivity contribution in [1.82, 2.24) is 0 Å². The topological polar surface area (TPSA) is 208 Å². The van der Waals surface area contributed by atoms with Gasteiger partial charge in [0.25, 0.3) is 0 Å². The van der Waals surface area contributed by atoms with Gasteiger partial charge in [0.05, 0.1) is 0 Å². The minimum absolute atomic E-state index is 0.00375. The third-order valence-corrected chi connectivity index (χ3v) is 15.4. The molecule has 2 aliphatic carbocycles. The quantitative estimate of drug-likeness (QED) is 0.0989. The van der Waals surface area contributed by atoms with Crippen molar-refractivity contribution in [2.75, 3.05) is 0 Å². The highest BCUT2D eigenvalue weighted by Gasteiger charge is 2.49. The molecule has 7 rings (SSSR count). The maximum Gasteiger partial charge on any atom is 0.460 e. The first-order valence-electron chi connectivity index (χ1n) is 16.0. The molecule has 3 aliphatic rings. The summed E-state index contributed by atoms with van der Waals surface area (Å²) in [4.78, 5) is 24.4. The van der Waals surface area contributed by atoms with E-state index in [4.69, 9.17) is 40.7 Å². The van der Waals surface area contributed by atoms with Gasteiger partial charge >= 0.3 is 23.0 Å². The van der Waals surface area contributed by atoms with Crippen LogP contribution in [0.15, 0.2) is 159 Å². The van der Waals surface area contributed by atoms with Gasteiger partial charge in [0.1, 0.15) is 57.5 Å². The molecular formula is C36H30N3O12P3.